The summed E-state index contributed by atoms with van der Waals surface area (Å²) in [5.41, 5.74) is 9.41. The lowest BCUT2D eigenvalue weighted by molar-refractivity contribution is -0.110. The second kappa shape index (κ2) is 10.5. The summed E-state index contributed by atoms with van der Waals surface area (Å²) >= 11 is 0. The Bertz CT molecular complexity index is 1330. The standard InChI is InChI=1S/C27H29FN6O2/c1-16-5-3-6-19(11-16)33-26(35)24(30)20-15-34(27(36)23-7-4-10-31-23)14-17(2)25(20)32-13-18-8-9-21(28)22(29)12-18/h3-12,17,30-32H,13-15,29H2,1-2H3,(H,33,35). The molecule has 0 aliphatic carbocycles. The molecule has 8 nitrogen and oxygen atoms in total. The zero-order chi connectivity index (χ0) is 25.8. The fourth-order valence-corrected chi connectivity index (χ4v) is 4.30. The molecule has 36 heavy (non-hydrogen) atoms. The number of hydrogen-bond donors (Lipinski definition) is 5. The number of rotatable bonds is 7. The molecule has 1 atom stereocenters. The molecule has 9 heteroatoms. The highest BCUT2D eigenvalue weighted by atomic mass is 19.1. The third kappa shape index (κ3) is 5.46. The van der Waals surface area contributed by atoms with Crippen LogP contribution in [-0.4, -0.2) is 40.5 Å². The number of halogens is 1. The molecule has 0 bridgehead atoms. The van der Waals surface area contributed by atoms with Gasteiger partial charge in [-0.2, -0.15) is 0 Å². The van der Waals surface area contributed by atoms with Gasteiger partial charge in [0.1, 0.15) is 17.2 Å². The van der Waals surface area contributed by atoms with E-state index in [-0.39, 0.29) is 29.8 Å². The maximum atomic E-state index is 13.6. The number of nitrogens with zero attached hydrogens (tertiary/aromatic N) is 1. The zero-order valence-corrected chi connectivity index (χ0v) is 20.2. The van der Waals surface area contributed by atoms with Gasteiger partial charge in [-0.15, -0.1) is 0 Å². The number of benzene rings is 2. The van der Waals surface area contributed by atoms with Crippen LogP contribution in [0.4, 0.5) is 15.8 Å². The van der Waals surface area contributed by atoms with Crippen molar-refractivity contribution in [3.8, 4) is 0 Å². The van der Waals surface area contributed by atoms with Crippen LogP contribution in [0.2, 0.25) is 0 Å². The van der Waals surface area contributed by atoms with Crippen molar-refractivity contribution in [2.75, 3.05) is 24.1 Å². The first kappa shape index (κ1) is 24.7. The van der Waals surface area contributed by atoms with E-state index < -0.39 is 11.7 Å². The number of carbonyl (C=O) groups is 2. The summed E-state index contributed by atoms with van der Waals surface area (Å²) in [4.78, 5) is 30.7. The van der Waals surface area contributed by atoms with Gasteiger partial charge in [0.25, 0.3) is 11.8 Å². The van der Waals surface area contributed by atoms with E-state index in [2.05, 4.69) is 15.6 Å². The number of H-pyrrole nitrogens is 1. The second-order valence-electron chi connectivity index (χ2n) is 8.97. The first-order valence-electron chi connectivity index (χ1n) is 11.6. The molecule has 3 aromatic rings. The molecule has 1 aromatic heterocycles. The fraction of sp³-hybridized carbons (Fsp3) is 0.222. The van der Waals surface area contributed by atoms with E-state index in [1.54, 1.807) is 41.4 Å². The van der Waals surface area contributed by atoms with Gasteiger partial charge in [-0.05, 0) is 54.4 Å². The highest BCUT2D eigenvalue weighted by molar-refractivity contribution is 6.48. The van der Waals surface area contributed by atoms with Crippen molar-refractivity contribution < 1.29 is 14.0 Å². The van der Waals surface area contributed by atoms with Crippen molar-refractivity contribution in [2.45, 2.75) is 20.4 Å². The average Bonchev–Trinajstić information content (AvgIpc) is 3.39. The lowest BCUT2D eigenvalue weighted by Gasteiger charge is -2.35. The Kier molecular flexibility index (Phi) is 7.19. The number of carbonyl (C=O) groups excluding carboxylic acids is 2. The normalized spacial score (nSPS) is 15.5. The van der Waals surface area contributed by atoms with Crippen LogP contribution in [-0.2, 0) is 11.3 Å². The Labute approximate surface area is 208 Å². The van der Waals surface area contributed by atoms with Crippen LogP contribution in [0.5, 0.6) is 0 Å². The maximum Gasteiger partial charge on any atom is 0.273 e. The van der Waals surface area contributed by atoms with Crippen molar-refractivity contribution in [1.29, 1.82) is 5.41 Å². The number of nitrogen functional groups attached to an aromatic ring is 1. The van der Waals surface area contributed by atoms with Crippen molar-refractivity contribution in [3.63, 3.8) is 0 Å². The Hall–Kier alpha value is -4.40. The molecule has 2 heterocycles. The smallest absolute Gasteiger partial charge is 0.273 e. The number of hydrogen-bond acceptors (Lipinski definition) is 5. The summed E-state index contributed by atoms with van der Waals surface area (Å²) in [7, 11) is 0. The molecule has 2 amide bonds. The minimum Gasteiger partial charge on any atom is -0.396 e. The number of amides is 2. The SMILES string of the molecule is Cc1cccc(NC(=O)C(=N)C2=C(NCc3ccc(F)c(N)c3)C(C)CN(C(=O)c3ccc[nH]3)C2)c1. The van der Waals surface area contributed by atoms with Crippen molar-refractivity contribution in [1.82, 2.24) is 15.2 Å². The van der Waals surface area contributed by atoms with Gasteiger partial charge in [0.2, 0.25) is 0 Å². The second-order valence-corrected chi connectivity index (χ2v) is 8.97. The van der Waals surface area contributed by atoms with Gasteiger partial charge in [0, 0.05) is 42.2 Å². The first-order valence-corrected chi connectivity index (χ1v) is 11.6. The summed E-state index contributed by atoms with van der Waals surface area (Å²) in [5.74, 6) is -1.45. The largest absolute Gasteiger partial charge is 0.396 e. The van der Waals surface area contributed by atoms with Gasteiger partial charge in [-0.25, -0.2) is 4.39 Å². The summed E-state index contributed by atoms with van der Waals surface area (Å²) in [6.07, 6.45) is 1.68. The lowest BCUT2D eigenvalue weighted by Crippen LogP contribution is -2.46. The molecule has 0 radical (unpaired) electrons. The van der Waals surface area contributed by atoms with Crippen molar-refractivity contribution in [3.05, 3.63) is 94.7 Å². The van der Waals surface area contributed by atoms with Gasteiger partial charge < -0.3 is 26.3 Å². The van der Waals surface area contributed by atoms with Gasteiger partial charge >= 0.3 is 0 Å². The number of aryl methyl sites for hydroxylation is 1. The van der Waals surface area contributed by atoms with Gasteiger partial charge in [-0.1, -0.05) is 25.1 Å². The highest BCUT2D eigenvalue weighted by Crippen LogP contribution is 2.25. The number of nitrogens with two attached hydrogens (primary N) is 1. The van der Waals surface area contributed by atoms with Crippen LogP contribution in [0.15, 0.2) is 72.1 Å². The van der Waals surface area contributed by atoms with Crippen LogP contribution < -0.4 is 16.4 Å². The molecule has 0 saturated carbocycles. The molecule has 0 saturated heterocycles. The summed E-state index contributed by atoms with van der Waals surface area (Å²) in [6.45, 7) is 4.67. The van der Waals surface area contributed by atoms with Crippen molar-refractivity contribution >= 4 is 28.9 Å². The summed E-state index contributed by atoms with van der Waals surface area (Å²) in [6, 6.07) is 15.2. The minimum absolute atomic E-state index is 0.0493. The van der Waals surface area contributed by atoms with E-state index in [9.17, 15) is 14.0 Å². The molecule has 0 fully saturated rings. The lowest BCUT2D eigenvalue weighted by atomic mass is 9.92. The predicted octanol–water partition coefficient (Wildman–Crippen LogP) is 3.84. The maximum absolute atomic E-state index is 13.6. The van der Waals surface area contributed by atoms with Crippen LogP contribution in [0, 0.1) is 24.1 Å². The number of nitrogens with one attached hydrogen (secondary N) is 4. The Morgan fingerprint density at radius 2 is 2.00 bits per heavy atom. The number of anilines is 2. The summed E-state index contributed by atoms with van der Waals surface area (Å²) < 4.78 is 13.6. The van der Waals surface area contributed by atoms with Crippen LogP contribution in [0.1, 0.15) is 28.5 Å². The van der Waals surface area contributed by atoms with E-state index in [0.29, 0.717) is 35.7 Å². The molecule has 2 aromatic carbocycles. The van der Waals surface area contributed by atoms with Crippen LogP contribution in [0.3, 0.4) is 0 Å². The third-order valence-corrected chi connectivity index (χ3v) is 6.12. The van der Waals surface area contributed by atoms with E-state index >= 15 is 0 Å². The topological polar surface area (TPSA) is 127 Å². The Morgan fingerprint density at radius 1 is 1.19 bits per heavy atom. The first-order chi connectivity index (χ1) is 17.2. The monoisotopic (exact) mass is 488 g/mol. The van der Waals surface area contributed by atoms with Gasteiger partial charge in [-0.3, -0.25) is 15.0 Å². The summed E-state index contributed by atoms with van der Waals surface area (Å²) in [5, 5.41) is 14.8. The molecule has 6 N–H and O–H groups in total. The molecule has 4 rings (SSSR count). The van der Waals surface area contributed by atoms with E-state index in [0.717, 1.165) is 11.1 Å². The van der Waals surface area contributed by atoms with Crippen molar-refractivity contribution in [2.24, 2.45) is 5.92 Å². The molecular formula is C27H29FN6O2. The molecule has 186 valence electrons. The molecular weight excluding hydrogens is 459 g/mol. The number of aromatic nitrogens is 1. The van der Waals surface area contributed by atoms with Crippen LogP contribution >= 0.6 is 0 Å². The molecule has 0 spiro atoms. The average molecular weight is 489 g/mol. The molecule has 1 unspecified atom stereocenters. The predicted molar refractivity (Wildman–Crippen MR) is 138 cm³/mol. The van der Waals surface area contributed by atoms with Gasteiger partial charge in [0.15, 0.2) is 0 Å². The molecule has 1 aliphatic heterocycles. The van der Waals surface area contributed by atoms with Crippen LogP contribution in [0.25, 0.3) is 0 Å². The Morgan fingerprint density at radius 3 is 2.69 bits per heavy atom. The zero-order valence-electron chi connectivity index (χ0n) is 20.2. The fourth-order valence-electron chi connectivity index (χ4n) is 4.30. The third-order valence-electron chi connectivity index (χ3n) is 6.12. The van der Waals surface area contributed by atoms with Gasteiger partial charge in [0.05, 0.1) is 12.2 Å². The minimum atomic E-state index is -0.567. The highest BCUT2D eigenvalue weighted by Gasteiger charge is 2.32. The van der Waals surface area contributed by atoms with E-state index in [1.807, 2.05) is 32.0 Å². The number of aromatic amines is 1. The quantitative estimate of drug-likeness (QED) is 0.256. The Balaban J connectivity index is 1.62. The molecule has 1 aliphatic rings. The van der Waals surface area contributed by atoms with E-state index in [1.165, 1.54) is 6.07 Å². The van der Waals surface area contributed by atoms with E-state index in [4.69, 9.17) is 11.1 Å².